The molecular formula is C15H23N3O. The van der Waals surface area contributed by atoms with Crippen LogP contribution < -0.4 is 0 Å². The number of nitriles is 1. The minimum Gasteiger partial charge on any atom is -0.345 e. The molecule has 1 aromatic heterocycles. The molecule has 1 rings (SSSR count). The molecule has 104 valence electrons. The van der Waals surface area contributed by atoms with Crippen LogP contribution in [0.5, 0.6) is 0 Å². The Morgan fingerprint density at radius 3 is 2.26 bits per heavy atom. The molecule has 0 radical (unpaired) electrons. The normalized spacial score (nSPS) is 13.7. The van der Waals surface area contributed by atoms with Gasteiger partial charge in [-0.05, 0) is 32.8 Å². The van der Waals surface area contributed by atoms with Crippen molar-refractivity contribution >= 4 is 5.91 Å². The standard InChI is InChI=1S/C15H23N3O/c1-6-11(3)18(12(4)7-2)15(19)14-8-13(9-16)10-17(14)5/h8,10-12H,6-7H2,1-5H3/t11-,12-/m1/s1. The van der Waals surface area contributed by atoms with Crippen LogP contribution in [0, 0.1) is 11.3 Å². The molecule has 2 atom stereocenters. The smallest absolute Gasteiger partial charge is 0.270 e. The first-order valence-corrected chi connectivity index (χ1v) is 6.85. The molecule has 0 saturated heterocycles. The second-order valence-electron chi connectivity index (χ2n) is 5.06. The Kier molecular flexibility index (Phi) is 5.17. The molecule has 19 heavy (non-hydrogen) atoms. The van der Waals surface area contributed by atoms with Crippen LogP contribution in [0.4, 0.5) is 0 Å². The van der Waals surface area contributed by atoms with Crippen molar-refractivity contribution < 1.29 is 4.79 Å². The number of hydrogen-bond donors (Lipinski definition) is 0. The maximum Gasteiger partial charge on any atom is 0.270 e. The second kappa shape index (κ2) is 6.42. The van der Waals surface area contributed by atoms with Crippen LogP contribution in [0.1, 0.15) is 56.6 Å². The molecule has 0 bridgehead atoms. The molecule has 0 aromatic carbocycles. The average molecular weight is 261 g/mol. The fourth-order valence-electron chi connectivity index (χ4n) is 2.20. The van der Waals surface area contributed by atoms with E-state index in [0.717, 1.165) is 12.8 Å². The number of hydrogen-bond acceptors (Lipinski definition) is 2. The zero-order valence-corrected chi connectivity index (χ0v) is 12.5. The quantitative estimate of drug-likeness (QED) is 0.818. The summed E-state index contributed by atoms with van der Waals surface area (Å²) < 4.78 is 1.73. The Morgan fingerprint density at radius 1 is 1.37 bits per heavy atom. The second-order valence-corrected chi connectivity index (χ2v) is 5.06. The molecule has 1 amide bonds. The zero-order chi connectivity index (χ0) is 14.6. The first-order chi connectivity index (χ1) is 8.96. The van der Waals surface area contributed by atoms with Crippen molar-refractivity contribution in [3.63, 3.8) is 0 Å². The van der Waals surface area contributed by atoms with Crippen molar-refractivity contribution in [1.29, 1.82) is 5.26 Å². The van der Waals surface area contributed by atoms with Gasteiger partial charge >= 0.3 is 0 Å². The van der Waals surface area contributed by atoms with Gasteiger partial charge in [-0.1, -0.05) is 13.8 Å². The molecule has 0 N–H and O–H groups in total. The first-order valence-electron chi connectivity index (χ1n) is 6.85. The van der Waals surface area contributed by atoms with Crippen molar-refractivity contribution in [1.82, 2.24) is 9.47 Å². The van der Waals surface area contributed by atoms with Gasteiger partial charge < -0.3 is 9.47 Å². The summed E-state index contributed by atoms with van der Waals surface area (Å²) in [6, 6.07) is 4.14. The van der Waals surface area contributed by atoms with Gasteiger partial charge in [0.1, 0.15) is 11.8 Å². The highest BCUT2D eigenvalue weighted by molar-refractivity contribution is 5.93. The molecule has 0 saturated carbocycles. The number of aromatic nitrogens is 1. The summed E-state index contributed by atoms with van der Waals surface area (Å²) in [5.41, 5.74) is 1.11. The number of aryl methyl sites for hydroxylation is 1. The Labute approximate surface area is 115 Å². The van der Waals surface area contributed by atoms with Crippen LogP contribution in [0.15, 0.2) is 12.3 Å². The summed E-state index contributed by atoms with van der Waals surface area (Å²) in [6.45, 7) is 8.30. The SMILES string of the molecule is CC[C@@H](C)N(C(=O)c1cc(C#N)cn1C)[C@H](C)CC. The van der Waals surface area contributed by atoms with E-state index < -0.39 is 0 Å². The highest BCUT2D eigenvalue weighted by Crippen LogP contribution is 2.17. The Bertz CT molecular complexity index is 474. The van der Waals surface area contributed by atoms with Crippen molar-refractivity contribution in [2.75, 3.05) is 0 Å². The van der Waals surface area contributed by atoms with E-state index in [-0.39, 0.29) is 18.0 Å². The predicted octanol–water partition coefficient (Wildman–Crippen LogP) is 2.94. The van der Waals surface area contributed by atoms with Crippen molar-refractivity contribution in [3.8, 4) is 6.07 Å². The van der Waals surface area contributed by atoms with Gasteiger partial charge in [-0.25, -0.2) is 0 Å². The molecule has 0 spiro atoms. The van der Waals surface area contributed by atoms with E-state index in [4.69, 9.17) is 5.26 Å². The van der Waals surface area contributed by atoms with Gasteiger partial charge in [0.05, 0.1) is 5.56 Å². The van der Waals surface area contributed by atoms with E-state index in [1.807, 2.05) is 4.90 Å². The zero-order valence-electron chi connectivity index (χ0n) is 12.5. The predicted molar refractivity (Wildman–Crippen MR) is 75.8 cm³/mol. The van der Waals surface area contributed by atoms with Gasteiger partial charge in [0, 0.05) is 25.3 Å². The Hall–Kier alpha value is -1.76. The monoisotopic (exact) mass is 261 g/mol. The van der Waals surface area contributed by atoms with Crippen LogP contribution in [0.2, 0.25) is 0 Å². The van der Waals surface area contributed by atoms with Crippen LogP contribution in [-0.2, 0) is 7.05 Å². The molecule has 0 aliphatic heterocycles. The molecule has 0 aliphatic rings. The van der Waals surface area contributed by atoms with Gasteiger partial charge in [0.25, 0.3) is 5.91 Å². The third-order valence-electron chi connectivity index (χ3n) is 3.72. The fraction of sp³-hybridized carbons (Fsp3) is 0.600. The Morgan fingerprint density at radius 2 is 1.89 bits per heavy atom. The molecule has 0 fully saturated rings. The lowest BCUT2D eigenvalue weighted by molar-refractivity contribution is 0.0588. The lowest BCUT2D eigenvalue weighted by Crippen LogP contribution is -2.44. The summed E-state index contributed by atoms with van der Waals surface area (Å²) >= 11 is 0. The average Bonchev–Trinajstić information content (AvgIpc) is 2.79. The highest BCUT2D eigenvalue weighted by Gasteiger charge is 2.26. The summed E-state index contributed by atoms with van der Waals surface area (Å²) in [5.74, 6) is 0.00713. The molecule has 4 nitrogen and oxygen atoms in total. The van der Waals surface area contributed by atoms with Gasteiger partial charge in [0.2, 0.25) is 0 Å². The molecule has 4 heteroatoms. The van der Waals surface area contributed by atoms with E-state index in [1.54, 1.807) is 23.9 Å². The first kappa shape index (κ1) is 15.3. The fourth-order valence-corrected chi connectivity index (χ4v) is 2.20. The van der Waals surface area contributed by atoms with E-state index in [1.165, 1.54) is 0 Å². The van der Waals surface area contributed by atoms with Crippen LogP contribution in [0.25, 0.3) is 0 Å². The van der Waals surface area contributed by atoms with E-state index in [2.05, 4.69) is 33.8 Å². The Balaban J connectivity index is 3.12. The molecule has 1 heterocycles. The summed E-state index contributed by atoms with van der Waals surface area (Å²) in [4.78, 5) is 14.6. The number of carbonyl (C=O) groups excluding carboxylic acids is 1. The number of amides is 1. The molecule has 1 aromatic rings. The number of nitrogens with zero attached hydrogens (tertiary/aromatic N) is 3. The molecule has 0 aliphatic carbocycles. The maximum absolute atomic E-state index is 12.7. The third kappa shape index (κ3) is 3.17. The minimum absolute atomic E-state index is 0.00713. The highest BCUT2D eigenvalue weighted by atomic mass is 16.2. The lowest BCUT2D eigenvalue weighted by Gasteiger charge is -2.34. The molecular weight excluding hydrogens is 238 g/mol. The van der Waals surface area contributed by atoms with E-state index in [9.17, 15) is 4.79 Å². The lowest BCUT2D eigenvalue weighted by atomic mass is 10.1. The summed E-state index contributed by atoms with van der Waals surface area (Å²) in [7, 11) is 1.81. The van der Waals surface area contributed by atoms with Crippen LogP contribution >= 0.6 is 0 Å². The largest absolute Gasteiger partial charge is 0.345 e. The van der Waals surface area contributed by atoms with E-state index in [0.29, 0.717) is 11.3 Å². The van der Waals surface area contributed by atoms with Crippen LogP contribution in [0.3, 0.4) is 0 Å². The van der Waals surface area contributed by atoms with E-state index >= 15 is 0 Å². The number of rotatable bonds is 5. The number of carbonyl (C=O) groups is 1. The third-order valence-corrected chi connectivity index (χ3v) is 3.72. The maximum atomic E-state index is 12.7. The van der Waals surface area contributed by atoms with Gasteiger partial charge in [-0.15, -0.1) is 0 Å². The molecule has 0 unspecified atom stereocenters. The summed E-state index contributed by atoms with van der Waals surface area (Å²) in [5, 5.41) is 8.92. The van der Waals surface area contributed by atoms with Gasteiger partial charge in [-0.2, -0.15) is 5.26 Å². The summed E-state index contributed by atoms with van der Waals surface area (Å²) in [6.07, 6.45) is 3.54. The van der Waals surface area contributed by atoms with Crippen molar-refractivity contribution in [2.45, 2.75) is 52.6 Å². The topological polar surface area (TPSA) is 49.0 Å². The minimum atomic E-state index is 0.00713. The van der Waals surface area contributed by atoms with Crippen LogP contribution in [-0.4, -0.2) is 27.5 Å². The van der Waals surface area contributed by atoms with Gasteiger partial charge in [0.15, 0.2) is 0 Å². The van der Waals surface area contributed by atoms with Crippen molar-refractivity contribution in [3.05, 3.63) is 23.5 Å². The van der Waals surface area contributed by atoms with Crippen molar-refractivity contribution in [2.24, 2.45) is 7.05 Å². The van der Waals surface area contributed by atoms with Gasteiger partial charge in [-0.3, -0.25) is 4.79 Å².